The van der Waals surface area contributed by atoms with Crippen molar-refractivity contribution in [3.05, 3.63) is 31.0 Å². The van der Waals surface area contributed by atoms with Crippen LogP contribution in [0.25, 0.3) is 5.32 Å². The summed E-state index contributed by atoms with van der Waals surface area (Å²) in [5, 5.41) is 3.67. The fraction of sp³-hybridized carbons (Fsp3) is 0.167. The first kappa shape index (κ1) is 14.8. The van der Waals surface area contributed by atoms with Crippen LogP contribution >= 0.6 is 24.8 Å². The second kappa shape index (κ2) is 9.41. The van der Waals surface area contributed by atoms with Gasteiger partial charge in [-0.1, -0.05) is 25.4 Å². The number of thiocarbonyl (C=S) groups is 1. The average Bonchev–Trinajstić information content (AvgIpc) is 1.87. The summed E-state index contributed by atoms with van der Waals surface area (Å²) < 4.78 is 9.67. The molecule has 0 fully saturated rings. The predicted octanol–water partition coefficient (Wildman–Crippen LogP) is -0.817. The van der Waals surface area contributed by atoms with Crippen LogP contribution in [0, 0.1) is 0 Å². The van der Waals surface area contributed by atoms with Gasteiger partial charge in [-0.15, -0.1) is 0 Å². The van der Waals surface area contributed by atoms with E-state index < -0.39 is 6.41 Å². The normalized spacial score (nSPS) is 7.83. The standard InChI is InChI=1S/C6H9NO2S2.Na/c1-3-8-5(9-4-2)7-6(10)11;/h3-5H,1-2H2,(H2,7,10,11);/q;+1/p-1. The van der Waals surface area contributed by atoms with E-state index in [2.05, 4.69) is 43.3 Å². The maximum absolute atomic E-state index is 4.76. The van der Waals surface area contributed by atoms with Gasteiger partial charge in [-0.25, -0.2) is 0 Å². The van der Waals surface area contributed by atoms with Crippen LogP contribution in [-0.4, -0.2) is 10.7 Å². The van der Waals surface area contributed by atoms with Crippen molar-refractivity contribution in [2.45, 2.75) is 6.41 Å². The van der Waals surface area contributed by atoms with Gasteiger partial charge in [0.2, 0.25) is 0 Å². The third-order valence-electron chi connectivity index (χ3n) is 0.641. The summed E-state index contributed by atoms with van der Waals surface area (Å²) in [5.41, 5.74) is 0. The molecule has 0 unspecified atom stereocenters. The molecule has 12 heavy (non-hydrogen) atoms. The summed E-state index contributed by atoms with van der Waals surface area (Å²) in [6.07, 6.45) is 1.57. The van der Waals surface area contributed by atoms with E-state index in [0.29, 0.717) is 0 Å². The smallest absolute Gasteiger partial charge is 0.601 e. The molecular formula is C6H8NNaO2S2. The average molecular weight is 213 g/mol. The Morgan fingerprint density at radius 3 is 2.08 bits per heavy atom. The van der Waals surface area contributed by atoms with Crippen molar-refractivity contribution in [1.82, 2.24) is 0 Å². The molecule has 0 aliphatic rings. The largest absolute Gasteiger partial charge is 1.00 e. The Morgan fingerprint density at radius 1 is 1.42 bits per heavy atom. The molecule has 0 aromatic heterocycles. The van der Waals surface area contributed by atoms with Crippen molar-refractivity contribution in [1.29, 1.82) is 0 Å². The Bertz CT molecular complexity index is 156. The zero-order chi connectivity index (χ0) is 8.69. The van der Waals surface area contributed by atoms with Crippen LogP contribution in [0.2, 0.25) is 0 Å². The summed E-state index contributed by atoms with van der Waals surface area (Å²) in [6, 6.07) is 0. The van der Waals surface area contributed by atoms with E-state index in [0.717, 1.165) is 0 Å². The van der Waals surface area contributed by atoms with E-state index in [4.69, 9.17) is 9.47 Å². The summed E-state index contributed by atoms with van der Waals surface area (Å²) in [6.45, 7) is 6.65. The van der Waals surface area contributed by atoms with E-state index in [1.165, 1.54) is 12.5 Å². The molecule has 0 bridgehead atoms. The molecule has 0 heterocycles. The number of rotatable bonds is 5. The first-order chi connectivity index (χ1) is 5.20. The Labute approximate surface area is 105 Å². The summed E-state index contributed by atoms with van der Waals surface area (Å²) in [4.78, 5) is 0. The van der Waals surface area contributed by atoms with Crippen LogP contribution in [0.4, 0.5) is 0 Å². The van der Waals surface area contributed by atoms with Gasteiger partial charge < -0.3 is 14.8 Å². The number of hydrogen-bond donors (Lipinski definition) is 1. The molecule has 0 aliphatic heterocycles. The number of nitrogens with zero attached hydrogens (tertiary/aromatic N) is 1. The Kier molecular flexibility index (Phi) is 11.6. The van der Waals surface area contributed by atoms with Gasteiger partial charge in [0.1, 0.15) is 0 Å². The Balaban J connectivity index is 0. The molecule has 0 saturated heterocycles. The van der Waals surface area contributed by atoms with Gasteiger partial charge in [-0.3, -0.25) is 0 Å². The number of hydrogen-bond acceptors (Lipinski definition) is 3. The Morgan fingerprint density at radius 2 is 1.83 bits per heavy atom. The quantitative estimate of drug-likeness (QED) is 0.213. The number of ether oxygens (including phenoxy) is 2. The molecule has 0 aromatic rings. The molecule has 0 amide bonds. The van der Waals surface area contributed by atoms with Crippen LogP contribution in [0.1, 0.15) is 0 Å². The molecule has 0 saturated carbocycles. The third-order valence-corrected chi connectivity index (χ3v) is 0.862. The fourth-order valence-corrected chi connectivity index (χ4v) is 0.528. The zero-order valence-electron chi connectivity index (χ0n) is 6.77. The van der Waals surface area contributed by atoms with Crippen LogP contribution in [0.5, 0.6) is 0 Å². The second-order valence-electron chi connectivity index (χ2n) is 1.32. The SMILES string of the molecule is C=COC([N-]C(=S)S)OC=C.[Na+]. The molecular weight excluding hydrogens is 205 g/mol. The molecule has 3 nitrogen and oxygen atoms in total. The van der Waals surface area contributed by atoms with Crippen LogP contribution in [0.3, 0.4) is 0 Å². The Hall–Kier alpha value is 0.320. The molecule has 6 heteroatoms. The number of thiol groups is 1. The minimum atomic E-state index is -0.824. The topological polar surface area (TPSA) is 32.6 Å². The van der Waals surface area contributed by atoms with Crippen molar-refractivity contribution < 1.29 is 39.0 Å². The van der Waals surface area contributed by atoms with Gasteiger partial charge in [0.15, 0.2) is 6.41 Å². The van der Waals surface area contributed by atoms with E-state index in [-0.39, 0.29) is 33.9 Å². The minimum absolute atomic E-state index is 0. The van der Waals surface area contributed by atoms with Crippen molar-refractivity contribution in [2.24, 2.45) is 0 Å². The van der Waals surface area contributed by atoms with E-state index in [1.54, 1.807) is 0 Å². The van der Waals surface area contributed by atoms with Gasteiger partial charge in [0.05, 0.1) is 12.5 Å². The molecule has 0 rings (SSSR count). The molecule has 62 valence electrons. The molecule has 0 aromatic carbocycles. The summed E-state index contributed by atoms with van der Waals surface area (Å²) in [7, 11) is 0. The summed E-state index contributed by atoms with van der Waals surface area (Å²) >= 11 is 8.33. The van der Waals surface area contributed by atoms with Gasteiger partial charge in [-0.2, -0.15) is 12.6 Å². The maximum Gasteiger partial charge on any atom is 1.00 e. The van der Waals surface area contributed by atoms with Crippen molar-refractivity contribution in [3.8, 4) is 0 Å². The van der Waals surface area contributed by atoms with Crippen LogP contribution < -0.4 is 29.6 Å². The van der Waals surface area contributed by atoms with E-state index >= 15 is 0 Å². The summed E-state index contributed by atoms with van der Waals surface area (Å²) in [5.74, 6) is 0. The third kappa shape index (κ3) is 8.42. The predicted molar refractivity (Wildman–Crippen MR) is 51.3 cm³/mol. The molecule has 0 radical (unpaired) electrons. The first-order valence-electron chi connectivity index (χ1n) is 2.67. The molecule has 0 atom stereocenters. The second-order valence-corrected chi connectivity index (χ2v) is 2.44. The maximum atomic E-state index is 4.76. The van der Waals surface area contributed by atoms with Gasteiger partial charge in [-0.05, 0) is 4.32 Å². The van der Waals surface area contributed by atoms with Gasteiger partial charge in [0.25, 0.3) is 0 Å². The van der Waals surface area contributed by atoms with E-state index in [9.17, 15) is 0 Å². The zero-order valence-corrected chi connectivity index (χ0v) is 10.5. The van der Waals surface area contributed by atoms with Crippen molar-refractivity contribution in [2.75, 3.05) is 0 Å². The van der Waals surface area contributed by atoms with Crippen molar-refractivity contribution >= 4 is 29.2 Å². The first-order valence-corrected chi connectivity index (χ1v) is 3.52. The monoisotopic (exact) mass is 213 g/mol. The molecule has 0 aliphatic carbocycles. The van der Waals surface area contributed by atoms with Crippen molar-refractivity contribution in [3.63, 3.8) is 0 Å². The van der Waals surface area contributed by atoms with E-state index in [1.807, 2.05) is 0 Å². The van der Waals surface area contributed by atoms with Crippen LogP contribution in [0.15, 0.2) is 25.7 Å². The molecule has 0 spiro atoms. The minimum Gasteiger partial charge on any atom is -0.601 e. The van der Waals surface area contributed by atoms with Gasteiger partial charge >= 0.3 is 29.6 Å². The fourth-order valence-electron chi connectivity index (χ4n) is 0.348. The molecule has 0 N–H and O–H groups in total. The van der Waals surface area contributed by atoms with Gasteiger partial charge in [0, 0.05) is 0 Å². The van der Waals surface area contributed by atoms with Crippen LogP contribution in [-0.2, 0) is 9.47 Å².